The number of aromatic hydroxyl groups is 1. The molecular formula is C22H28N4O3. The Labute approximate surface area is 171 Å². The predicted molar refractivity (Wildman–Crippen MR) is 115 cm³/mol. The molecule has 5 N–H and O–H groups in total. The van der Waals surface area contributed by atoms with Crippen LogP contribution in [0.3, 0.4) is 0 Å². The highest BCUT2D eigenvalue weighted by molar-refractivity contribution is 5.92. The van der Waals surface area contributed by atoms with Gasteiger partial charge in [-0.1, -0.05) is 18.2 Å². The van der Waals surface area contributed by atoms with E-state index in [0.29, 0.717) is 25.2 Å². The molecule has 0 aliphatic rings. The van der Waals surface area contributed by atoms with Crippen LogP contribution in [-0.4, -0.2) is 42.6 Å². The van der Waals surface area contributed by atoms with Gasteiger partial charge in [-0.2, -0.15) is 0 Å². The third-order valence-electron chi connectivity index (χ3n) is 4.50. The summed E-state index contributed by atoms with van der Waals surface area (Å²) in [5.74, 6) is -0.300. The van der Waals surface area contributed by atoms with Gasteiger partial charge in [0, 0.05) is 30.9 Å². The van der Waals surface area contributed by atoms with Gasteiger partial charge in [0.2, 0.25) is 5.91 Å². The zero-order valence-corrected chi connectivity index (χ0v) is 16.5. The first-order valence-electron chi connectivity index (χ1n) is 9.42. The maximum atomic E-state index is 11.6. The van der Waals surface area contributed by atoms with Crippen molar-refractivity contribution in [2.45, 2.75) is 25.7 Å². The van der Waals surface area contributed by atoms with Crippen LogP contribution in [0.15, 0.2) is 61.2 Å². The van der Waals surface area contributed by atoms with Gasteiger partial charge < -0.3 is 25.9 Å². The summed E-state index contributed by atoms with van der Waals surface area (Å²) in [4.78, 5) is 24.9. The molecule has 2 aromatic carbocycles. The van der Waals surface area contributed by atoms with E-state index in [0.717, 1.165) is 17.5 Å². The Kier molecular flexibility index (Phi) is 8.39. The second-order valence-electron chi connectivity index (χ2n) is 6.71. The maximum absolute atomic E-state index is 11.6. The highest BCUT2D eigenvalue weighted by Gasteiger charge is 2.23. The third kappa shape index (κ3) is 6.44. The lowest BCUT2D eigenvalue weighted by molar-refractivity contribution is -0.108. The van der Waals surface area contributed by atoms with E-state index in [1.165, 1.54) is 0 Å². The van der Waals surface area contributed by atoms with E-state index < -0.39 is 5.91 Å². The number of primary amides is 1. The standard InChI is InChI=1S/C22H28N4O3/c1-3-11-25-21(14-24-13-17-5-4-6-18(12-17)22(23)29)26(16(2)15-27)19-7-9-20(28)10-8-19/h3-10,12,15-16,21,24-25,28H,1,11,13-14H2,2H3,(H2,23,29)/t16-,21+/m0/s1. The summed E-state index contributed by atoms with van der Waals surface area (Å²) in [6.45, 7) is 7.18. The van der Waals surface area contributed by atoms with Gasteiger partial charge in [0.05, 0.1) is 12.2 Å². The zero-order valence-electron chi connectivity index (χ0n) is 16.5. The Morgan fingerprint density at radius 2 is 2.00 bits per heavy atom. The molecule has 0 aliphatic carbocycles. The van der Waals surface area contributed by atoms with E-state index in [4.69, 9.17) is 5.73 Å². The number of carbonyl (C=O) groups is 2. The molecule has 0 unspecified atom stereocenters. The molecule has 0 spiro atoms. The molecule has 0 saturated carbocycles. The lowest BCUT2D eigenvalue weighted by atomic mass is 10.1. The number of nitrogens with zero attached hydrogens (tertiary/aromatic N) is 1. The minimum absolute atomic E-state index is 0.163. The molecule has 0 fully saturated rings. The van der Waals surface area contributed by atoms with Crippen molar-refractivity contribution in [3.63, 3.8) is 0 Å². The summed E-state index contributed by atoms with van der Waals surface area (Å²) in [6, 6.07) is 13.5. The van der Waals surface area contributed by atoms with Crippen LogP contribution in [0.4, 0.5) is 5.69 Å². The van der Waals surface area contributed by atoms with Gasteiger partial charge in [-0.3, -0.25) is 10.1 Å². The number of phenolic OH excluding ortho intramolecular Hbond substituents is 1. The lowest BCUT2D eigenvalue weighted by Crippen LogP contribution is -2.55. The molecule has 2 rings (SSSR count). The van der Waals surface area contributed by atoms with Crippen LogP contribution in [0.2, 0.25) is 0 Å². The number of hydrogen-bond donors (Lipinski definition) is 4. The third-order valence-corrected chi connectivity index (χ3v) is 4.50. The summed E-state index contributed by atoms with van der Waals surface area (Å²) in [7, 11) is 0. The number of carbonyl (C=O) groups excluding carboxylic acids is 2. The monoisotopic (exact) mass is 396 g/mol. The average Bonchev–Trinajstić information content (AvgIpc) is 2.73. The number of nitrogens with two attached hydrogens (primary N) is 1. The molecule has 2 aromatic rings. The van der Waals surface area contributed by atoms with Crippen LogP contribution in [0.5, 0.6) is 5.75 Å². The van der Waals surface area contributed by atoms with E-state index in [-0.39, 0.29) is 18.0 Å². The molecule has 0 aromatic heterocycles. The lowest BCUT2D eigenvalue weighted by Gasteiger charge is -2.37. The van der Waals surface area contributed by atoms with Crippen molar-refractivity contribution in [3.05, 3.63) is 72.3 Å². The molecule has 29 heavy (non-hydrogen) atoms. The molecule has 0 bridgehead atoms. The Bertz CT molecular complexity index is 823. The van der Waals surface area contributed by atoms with Gasteiger partial charge in [0.1, 0.15) is 12.0 Å². The van der Waals surface area contributed by atoms with Crippen molar-refractivity contribution in [2.24, 2.45) is 5.73 Å². The second kappa shape index (κ2) is 11.0. The first-order valence-corrected chi connectivity index (χ1v) is 9.42. The Morgan fingerprint density at radius 1 is 1.28 bits per heavy atom. The molecule has 7 nitrogen and oxygen atoms in total. The highest BCUT2D eigenvalue weighted by Crippen LogP contribution is 2.22. The highest BCUT2D eigenvalue weighted by atomic mass is 16.3. The van der Waals surface area contributed by atoms with Crippen LogP contribution in [0.25, 0.3) is 0 Å². The van der Waals surface area contributed by atoms with Gasteiger partial charge in [-0.05, 0) is 48.9 Å². The van der Waals surface area contributed by atoms with Crippen LogP contribution < -0.4 is 21.3 Å². The summed E-state index contributed by atoms with van der Waals surface area (Å²) >= 11 is 0. The minimum atomic E-state index is -0.462. The van der Waals surface area contributed by atoms with Gasteiger partial charge in [-0.15, -0.1) is 6.58 Å². The Morgan fingerprint density at radius 3 is 2.62 bits per heavy atom. The number of amides is 1. The van der Waals surface area contributed by atoms with Crippen molar-refractivity contribution in [1.82, 2.24) is 10.6 Å². The Hall–Kier alpha value is -3.16. The summed E-state index contributed by atoms with van der Waals surface area (Å²) in [6.07, 6.45) is 2.42. The van der Waals surface area contributed by atoms with Gasteiger partial charge >= 0.3 is 0 Å². The largest absolute Gasteiger partial charge is 0.508 e. The van der Waals surface area contributed by atoms with Crippen molar-refractivity contribution in [2.75, 3.05) is 18.0 Å². The number of hydrogen-bond acceptors (Lipinski definition) is 6. The minimum Gasteiger partial charge on any atom is -0.508 e. The SMILES string of the molecule is C=CCN[C@@H](CNCc1cccc(C(N)=O)c1)N(c1ccc(O)cc1)[C@@H](C)C=O. The molecule has 0 heterocycles. The van der Waals surface area contributed by atoms with Crippen LogP contribution in [0, 0.1) is 0 Å². The maximum Gasteiger partial charge on any atom is 0.248 e. The Balaban J connectivity index is 2.15. The number of rotatable bonds is 12. The summed E-state index contributed by atoms with van der Waals surface area (Å²) in [5, 5.41) is 16.3. The van der Waals surface area contributed by atoms with Crippen molar-refractivity contribution < 1.29 is 14.7 Å². The smallest absolute Gasteiger partial charge is 0.248 e. The fraction of sp³-hybridized carbons (Fsp3) is 0.273. The van der Waals surface area contributed by atoms with Gasteiger partial charge in [-0.25, -0.2) is 0 Å². The molecule has 0 saturated heterocycles. The number of anilines is 1. The van der Waals surface area contributed by atoms with Crippen LogP contribution in [0.1, 0.15) is 22.8 Å². The predicted octanol–water partition coefficient (Wildman–Crippen LogP) is 1.78. The van der Waals surface area contributed by atoms with Crippen molar-refractivity contribution in [3.8, 4) is 5.75 Å². The van der Waals surface area contributed by atoms with Crippen LogP contribution >= 0.6 is 0 Å². The number of phenols is 1. The number of benzene rings is 2. The van der Waals surface area contributed by atoms with E-state index >= 15 is 0 Å². The summed E-state index contributed by atoms with van der Waals surface area (Å²) < 4.78 is 0. The first-order chi connectivity index (χ1) is 14.0. The quantitative estimate of drug-likeness (QED) is 0.247. The van der Waals surface area contributed by atoms with Gasteiger partial charge in [0.25, 0.3) is 0 Å². The average molecular weight is 396 g/mol. The molecule has 1 amide bonds. The second-order valence-corrected chi connectivity index (χ2v) is 6.71. The first kappa shape index (κ1) is 22.1. The fourth-order valence-electron chi connectivity index (χ4n) is 3.07. The van der Waals surface area contributed by atoms with Crippen molar-refractivity contribution >= 4 is 17.9 Å². The zero-order chi connectivity index (χ0) is 21.2. The van der Waals surface area contributed by atoms with E-state index in [2.05, 4.69) is 17.2 Å². The number of aldehydes is 1. The number of nitrogens with one attached hydrogen (secondary N) is 2. The molecule has 7 heteroatoms. The topological polar surface area (TPSA) is 108 Å². The van der Waals surface area contributed by atoms with Crippen molar-refractivity contribution in [1.29, 1.82) is 0 Å². The van der Waals surface area contributed by atoms with Gasteiger partial charge in [0.15, 0.2) is 0 Å². The molecular weight excluding hydrogens is 368 g/mol. The molecule has 2 atom stereocenters. The molecule has 0 radical (unpaired) electrons. The molecule has 0 aliphatic heterocycles. The van der Waals surface area contributed by atoms with E-state index in [1.807, 2.05) is 17.9 Å². The van der Waals surface area contributed by atoms with E-state index in [1.54, 1.807) is 48.5 Å². The molecule has 154 valence electrons. The normalized spacial score (nSPS) is 12.7. The van der Waals surface area contributed by atoms with Crippen LogP contribution in [-0.2, 0) is 11.3 Å². The summed E-state index contributed by atoms with van der Waals surface area (Å²) in [5.41, 5.74) is 7.55. The fourth-order valence-corrected chi connectivity index (χ4v) is 3.07. The van der Waals surface area contributed by atoms with E-state index in [9.17, 15) is 14.7 Å².